The van der Waals surface area contributed by atoms with Crippen molar-refractivity contribution in [3.05, 3.63) is 11.8 Å². The number of rotatable bonds is 4. The molecule has 2 N–H and O–H groups in total. The lowest BCUT2D eigenvalue weighted by Crippen LogP contribution is -2.35. The molecule has 0 aromatic carbocycles. The zero-order valence-electron chi connectivity index (χ0n) is 11.3. The first-order valence-corrected chi connectivity index (χ1v) is 7.92. The zero-order chi connectivity index (χ0) is 14.6. The average Bonchev–Trinajstić information content (AvgIpc) is 2.75. The van der Waals surface area contributed by atoms with Crippen LogP contribution in [-0.2, 0) is 14.8 Å². The van der Waals surface area contributed by atoms with E-state index < -0.39 is 16.0 Å². The predicted molar refractivity (Wildman–Crippen MR) is 70.8 cm³/mol. The number of nitrogens with one attached hydrogen (secondary N) is 2. The van der Waals surface area contributed by atoms with Gasteiger partial charge < -0.3 is 10.1 Å². The zero-order valence-corrected chi connectivity index (χ0v) is 12.1. The van der Waals surface area contributed by atoms with Crippen molar-refractivity contribution >= 4 is 16.0 Å². The molecule has 0 amide bonds. The fraction of sp³-hybridized carbons (Fsp3) is 0.636. The predicted octanol–water partition coefficient (Wildman–Crippen LogP) is -0.430. The lowest BCUT2D eigenvalue weighted by molar-refractivity contribution is 0.0521. The minimum absolute atomic E-state index is 0.0518. The van der Waals surface area contributed by atoms with Crippen LogP contribution in [0.5, 0.6) is 0 Å². The Labute approximate surface area is 117 Å². The maximum absolute atomic E-state index is 12.5. The molecule has 1 aromatic heterocycles. The largest absolute Gasteiger partial charge is 0.462 e. The lowest BCUT2D eigenvalue weighted by atomic mass is 10.4. The van der Waals surface area contributed by atoms with E-state index in [2.05, 4.69) is 15.5 Å². The van der Waals surface area contributed by atoms with Gasteiger partial charge in [0.1, 0.15) is 5.56 Å². The Morgan fingerprint density at radius 1 is 1.45 bits per heavy atom. The molecule has 0 radical (unpaired) electrons. The molecule has 1 aliphatic heterocycles. The van der Waals surface area contributed by atoms with Crippen molar-refractivity contribution < 1.29 is 17.9 Å². The minimum Gasteiger partial charge on any atom is -0.462 e. The highest BCUT2D eigenvalue weighted by atomic mass is 32.2. The Morgan fingerprint density at radius 2 is 2.25 bits per heavy atom. The third kappa shape index (κ3) is 3.00. The summed E-state index contributed by atoms with van der Waals surface area (Å²) >= 11 is 0. The second-order valence-corrected chi connectivity index (χ2v) is 6.22. The van der Waals surface area contributed by atoms with Gasteiger partial charge in [0.25, 0.3) is 10.0 Å². The van der Waals surface area contributed by atoms with Crippen molar-refractivity contribution in [3.63, 3.8) is 0 Å². The Hall–Kier alpha value is -1.45. The molecule has 9 heteroatoms. The Bertz CT molecular complexity index is 561. The number of hydrogen-bond donors (Lipinski definition) is 2. The quantitative estimate of drug-likeness (QED) is 0.731. The number of ether oxygens (including phenoxy) is 1. The van der Waals surface area contributed by atoms with Crippen LogP contribution in [0.25, 0.3) is 0 Å². The molecule has 112 valence electrons. The number of carbonyl (C=O) groups excluding carboxylic acids is 1. The summed E-state index contributed by atoms with van der Waals surface area (Å²) in [5, 5.41) is 9.00. The van der Waals surface area contributed by atoms with E-state index in [-0.39, 0.29) is 17.2 Å². The Kier molecular flexibility index (Phi) is 4.73. The van der Waals surface area contributed by atoms with Crippen LogP contribution in [0, 0.1) is 0 Å². The average molecular weight is 302 g/mol. The van der Waals surface area contributed by atoms with Gasteiger partial charge in [0.05, 0.1) is 12.8 Å². The number of H-pyrrole nitrogens is 1. The minimum atomic E-state index is -3.76. The van der Waals surface area contributed by atoms with Gasteiger partial charge in [0.15, 0.2) is 5.03 Å². The van der Waals surface area contributed by atoms with Gasteiger partial charge in [-0.3, -0.25) is 5.10 Å². The molecule has 1 aromatic rings. The van der Waals surface area contributed by atoms with Gasteiger partial charge in [0, 0.05) is 19.6 Å². The third-order valence-electron chi connectivity index (χ3n) is 3.00. The first-order valence-electron chi connectivity index (χ1n) is 6.48. The van der Waals surface area contributed by atoms with E-state index in [1.54, 1.807) is 6.92 Å². The van der Waals surface area contributed by atoms with Crippen molar-refractivity contribution in [2.24, 2.45) is 0 Å². The van der Waals surface area contributed by atoms with Crippen molar-refractivity contribution in [3.8, 4) is 0 Å². The van der Waals surface area contributed by atoms with E-state index in [0.717, 1.165) is 13.0 Å². The summed E-state index contributed by atoms with van der Waals surface area (Å²) in [7, 11) is -3.76. The monoisotopic (exact) mass is 302 g/mol. The molecule has 0 unspecified atom stereocenters. The molecule has 0 atom stereocenters. The lowest BCUT2D eigenvalue weighted by Gasteiger charge is -2.18. The standard InChI is InChI=1S/C11H18N4O4S/c1-2-19-11(16)9-8-13-14-10(9)20(17,18)15-6-3-4-12-5-7-15/h8,12H,2-7H2,1H3,(H,13,14). The maximum Gasteiger partial charge on any atom is 0.342 e. The fourth-order valence-corrected chi connectivity index (χ4v) is 3.56. The number of carbonyl (C=O) groups is 1. The second kappa shape index (κ2) is 6.33. The van der Waals surface area contributed by atoms with Crippen LogP contribution < -0.4 is 5.32 Å². The number of esters is 1. The highest BCUT2D eigenvalue weighted by Crippen LogP contribution is 2.19. The van der Waals surface area contributed by atoms with Crippen LogP contribution in [0.2, 0.25) is 0 Å². The maximum atomic E-state index is 12.5. The molecule has 1 saturated heterocycles. The van der Waals surface area contributed by atoms with Crippen molar-refractivity contribution in [2.45, 2.75) is 18.4 Å². The van der Waals surface area contributed by atoms with Crippen LogP contribution in [0.4, 0.5) is 0 Å². The number of nitrogens with zero attached hydrogens (tertiary/aromatic N) is 2. The first kappa shape index (κ1) is 14.9. The summed E-state index contributed by atoms with van der Waals surface area (Å²) in [6.07, 6.45) is 1.91. The molecular formula is C11H18N4O4S. The topological polar surface area (TPSA) is 104 Å². The van der Waals surface area contributed by atoms with E-state index in [9.17, 15) is 13.2 Å². The normalized spacial score (nSPS) is 17.6. The molecule has 0 saturated carbocycles. The molecule has 1 aliphatic rings. The number of hydrogen-bond acceptors (Lipinski definition) is 6. The van der Waals surface area contributed by atoms with Gasteiger partial charge in [0.2, 0.25) is 0 Å². The second-order valence-electron chi connectivity index (χ2n) is 4.34. The molecule has 8 nitrogen and oxygen atoms in total. The molecular weight excluding hydrogens is 284 g/mol. The van der Waals surface area contributed by atoms with E-state index >= 15 is 0 Å². The number of sulfonamides is 1. The summed E-state index contributed by atoms with van der Waals surface area (Å²) in [5.41, 5.74) is -0.0518. The summed E-state index contributed by atoms with van der Waals surface area (Å²) in [4.78, 5) is 11.7. The van der Waals surface area contributed by atoms with E-state index in [4.69, 9.17) is 4.74 Å². The van der Waals surface area contributed by atoms with Gasteiger partial charge in [-0.1, -0.05) is 0 Å². The first-order chi connectivity index (χ1) is 9.57. The Balaban J connectivity index is 2.29. The van der Waals surface area contributed by atoms with Crippen LogP contribution in [-0.4, -0.2) is 61.7 Å². The SMILES string of the molecule is CCOC(=O)c1cn[nH]c1S(=O)(=O)N1CCCNCC1. The molecule has 20 heavy (non-hydrogen) atoms. The van der Waals surface area contributed by atoms with E-state index in [0.29, 0.717) is 19.6 Å². The van der Waals surface area contributed by atoms with Crippen molar-refractivity contribution in [2.75, 3.05) is 32.8 Å². The molecule has 0 spiro atoms. The van der Waals surface area contributed by atoms with Crippen LogP contribution >= 0.6 is 0 Å². The molecule has 0 bridgehead atoms. The fourth-order valence-electron chi connectivity index (χ4n) is 2.02. The molecule has 2 rings (SSSR count). The van der Waals surface area contributed by atoms with Gasteiger partial charge in [-0.05, 0) is 19.9 Å². The Morgan fingerprint density at radius 3 is 3.00 bits per heavy atom. The van der Waals surface area contributed by atoms with Crippen LogP contribution in [0.1, 0.15) is 23.7 Å². The van der Waals surface area contributed by atoms with Gasteiger partial charge >= 0.3 is 5.97 Å². The third-order valence-corrected chi connectivity index (χ3v) is 4.87. The number of aromatic amines is 1. The summed E-state index contributed by atoms with van der Waals surface area (Å²) in [6, 6.07) is 0. The smallest absolute Gasteiger partial charge is 0.342 e. The summed E-state index contributed by atoms with van der Waals surface area (Å²) in [5.74, 6) is -0.687. The van der Waals surface area contributed by atoms with Crippen molar-refractivity contribution in [1.82, 2.24) is 19.8 Å². The van der Waals surface area contributed by atoms with Crippen molar-refractivity contribution in [1.29, 1.82) is 0 Å². The van der Waals surface area contributed by atoms with Crippen LogP contribution in [0.3, 0.4) is 0 Å². The molecule has 2 heterocycles. The van der Waals surface area contributed by atoms with Crippen LogP contribution in [0.15, 0.2) is 11.2 Å². The van der Waals surface area contributed by atoms with Gasteiger partial charge in [-0.15, -0.1) is 0 Å². The van der Waals surface area contributed by atoms with E-state index in [1.807, 2.05) is 0 Å². The molecule has 1 fully saturated rings. The van der Waals surface area contributed by atoms with Gasteiger partial charge in [-0.25, -0.2) is 13.2 Å². The summed E-state index contributed by atoms with van der Waals surface area (Å²) in [6.45, 7) is 3.98. The van der Waals surface area contributed by atoms with E-state index in [1.165, 1.54) is 10.5 Å². The highest BCUT2D eigenvalue weighted by molar-refractivity contribution is 7.89. The highest BCUT2D eigenvalue weighted by Gasteiger charge is 2.31. The number of aromatic nitrogens is 2. The molecule has 0 aliphatic carbocycles. The summed E-state index contributed by atoms with van der Waals surface area (Å²) < 4.78 is 31.3. The van der Waals surface area contributed by atoms with Gasteiger partial charge in [-0.2, -0.15) is 9.40 Å².